The lowest BCUT2D eigenvalue weighted by atomic mass is 9.90. The fourth-order valence-electron chi connectivity index (χ4n) is 2.38. The Hall–Kier alpha value is -0.790. The highest BCUT2D eigenvalue weighted by Gasteiger charge is 2.42. The summed E-state index contributed by atoms with van der Waals surface area (Å²) < 4.78 is 0. The van der Waals surface area contributed by atoms with E-state index in [9.17, 15) is 4.79 Å². The van der Waals surface area contributed by atoms with E-state index >= 15 is 0 Å². The van der Waals surface area contributed by atoms with Crippen LogP contribution in [0.2, 0.25) is 0 Å². The van der Waals surface area contributed by atoms with E-state index in [4.69, 9.17) is 5.11 Å². The van der Waals surface area contributed by atoms with Crippen LogP contribution in [-0.2, 0) is 4.79 Å². The molecule has 11 heavy (non-hydrogen) atoms. The van der Waals surface area contributed by atoms with Crippen LogP contribution in [-0.4, -0.2) is 11.1 Å². The lowest BCUT2D eigenvalue weighted by Crippen LogP contribution is -2.18. The third kappa shape index (κ3) is 0.889. The topological polar surface area (TPSA) is 37.3 Å². The van der Waals surface area contributed by atoms with Crippen LogP contribution in [0.25, 0.3) is 0 Å². The molecule has 2 bridgehead atoms. The van der Waals surface area contributed by atoms with E-state index in [1.54, 1.807) is 0 Å². The number of carboxylic acid groups (broad SMARTS) is 1. The maximum atomic E-state index is 10.7. The van der Waals surface area contributed by atoms with E-state index in [0.717, 1.165) is 12.8 Å². The average Bonchev–Trinajstić information content (AvgIpc) is 2.43. The highest BCUT2D eigenvalue weighted by atomic mass is 16.4. The van der Waals surface area contributed by atoms with Gasteiger partial charge in [0.2, 0.25) is 0 Å². The van der Waals surface area contributed by atoms with Gasteiger partial charge in [0, 0.05) is 0 Å². The Morgan fingerprint density at radius 1 is 1.64 bits per heavy atom. The smallest absolute Gasteiger partial charge is 0.307 e. The summed E-state index contributed by atoms with van der Waals surface area (Å²) in [7, 11) is 0. The van der Waals surface area contributed by atoms with Gasteiger partial charge in [0.15, 0.2) is 0 Å². The van der Waals surface area contributed by atoms with Crippen LogP contribution in [0, 0.1) is 17.8 Å². The summed E-state index contributed by atoms with van der Waals surface area (Å²) >= 11 is 0. The molecule has 2 aliphatic rings. The van der Waals surface area contributed by atoms with Crippen molar-refractivity contribution in [3.05, 3.63) is 11.6 Å². The number of allylic oxidation sites excluding steroid dienone is 2. The minimum Gasteiger partial charge on any atom is -0.481 e. The fraction of sp³-hybridized carbons (Fsp3) is 0.667. The maximum absolute atomic E-state index is 10.7. The normalized spacial score (nSPS) is 40.8. The first-order valence-electron chi connectivity index (χ1n) is 4.09. The van der Waals surface area contributed by atoms with Crippen molar-refractivity contribution in [2.75, 3.05) is 0 Å². The molecule has 1 fully saturated rings. The molecule has 2 rings (SSSR count). The molecule has 0 aromatic carbocycles. The molecule has 0 saturated heterocycles. The van der Waals surface area contributed by atoms with Gasteiger partial charge in [-0.15, -0.1) is 0 Å². The average molecular weight is 152 g/mol. The van der Waals surface area contributed by atoms with Gasteiger partial charge in [-0.3, -0.25) is 4.79 Å². The van der Waals surface area contributed by atoms with E-state index in [0.29, 0.717) is 11.8 Å². The molecule has 2 heteroatoms. The summed E-state index contributed by atoms with van der Waals surface area (Å²) in [6, 6.07) is 0. The summed E-state index contributed by atoms with van der Waals surface area (Å²) in [5, 5.41) is 8.79. The lowest BCUT2D eigenvalue weighted by Gasteiger charge is -2.14. The van der Waals surface area contributed by atoms with Crippen LogP contribution < -0.4 is 0 Å². The predicted octanol–water partition coefficient (Wildman–Crippen LogP) is 1.67. The van der Waals surface area contributed by atoms with Crippen molar-refractivity contribution in [3.8, 4) is 0 Å². The molecule has 0 heterocycles. The van der Waals surface area contributed by atoms with E-state index < -0.39 is 5.97 Å². The number of hydrogen-bond donors (Lipinski definition) is 1. The van der Waals surface area contributed by atoms with Crippen molar-refractivity contribution in [1.82, 2.24) is 0 Å². The van der Waals surface area contributed by atoms with Crippen LogP contribution >= 0.6 is 0 Å². The molecule has 1 N–H and O–H groups in total. The molecule has 2 aliphatic carbocycles. The molecule has 2 nitrogen and oxygen atoms in total. The Morgan fingerprint density at radius 2 is 2.36 bits per heavy atom. The second kappa shape index (κ2) is 2.10. The first-order valence-corrected chi connectivity index (χ1v) is 4.09. The zero-order valence-electron chi connectivity index (χ0n) is 6.58. The van der Waals surface area contributed by atoms with Gasteiger partial charge in [0.05, 0.1) is 5.92 Å². The van der Waals surface area contributed by atoms with E-state index in [1.165, 1.54) is 5.57 Å². The highest BCUT2D eigenvalue weighted by molar-refractivity contribution is 5.71. The Morgan fingerprint density at radius 3 is 2.73 bits per heavy atom. The van der Waals surface area contributed by atoms with Gasteiger partial charge in [-0.05, 0) is 31.6 Å². The second-order valence-corrected chi connectivity index (χ2v) is 3.69. The summed E-state index contributed by atoms with van der Waals surface area (Å²) in [5.41, 5.74) is 1.41. The Kier molecular flexibility index (Phi) is 1.31. The SMILES string of the molecule is CC1=C[C@@H]2C[C@@H]1C[C@H]2C(=O)O. The largest absolute Gasteiger partial charge is 0.481 e. The monoisotopic (exact) mass is 152 g/mol. The molecule has 0 aliphatic heterocycles. The van der Waals surface area contributed by atoms with Gasteiger partial charge in [0.1, 0.15) is 0 Å². The van der Waals surface area contributed by atoms with E-state index in [2.05, 4.69) is 13.0 Å². The lowest BCUT2D eigenvalue weighted by molar-refractivity contribution is -0.142. The fourth-order valence-corrected chi connectivity index (χ4v) is 2.38. The van der Waals surface area contributed by atoms with Crippen molar-refractivity contribution in [2.24, 2.45) is 17.8 Å². The molecule has 1 saturated carbocycles. The predicted molar refractivity (Wildman–Crippen MR) is 41.1 cm³/mol. The molecular formula is C9H12O2. The van der Waals surface area contributed by atoms with Gasteiger partial charge >= 0.3 is 5.97 Å². The van der Waals surface area contributed by atoms with Crippen LogP contribution in [0.1, 0.15) is 19.8 Å². The van der Waals surface area contributed by atoms with Crippen molar-refractivity contribution in [2.45, 2.75) is 19.8 Å². The highest BCUT2D eigenvalue weighted by Crippen LogP contribution is 2.47. The minimum atomic E-state index is -0.610. The third-order valence-corrected chi connectivity index (χ3v) is 3.05. The maximum Gasteiger partial charge on any atom is 0.307 e. The van der Waals surface area contributed by atoms with E-state index in [-0.39, 0.29) is 5.92 Å². The summed E-state index contributed by atoms with van der Waals surface area (Å²) in [6.45, 7) is 2.11. The number of rotatable bonds is 1. The molecule has 60 valence electrons. The van der Waals surface area contributed by atoms with Gasteiger partial charge < -0.3 is 5.11 Å². The summed E-state index contributed by atoms with van der Waals surface area (Å²) in [6.07, 6.45) is 4.11. The third-order valence-electron chi connectivity index (χ3n) is 3.05. The molecule has 0 aromatic rings. The summed E-state index contributed by atoms with van der Waals surface area (Å²) in [4.78, 5) is 10.7. The van der Waals surface area contributed by atoms with Crippen molar-refractivity contribution in [1.29, 1.82) is 0 Å². The first kappa shape index (κ1) is 6.89. The van der Waals surface area contributed by atoms with Gasteiger partial charge in [-0.25, -0.2) is 0 Å². The zero-order chi connectivity index (χ0) is 8.01. The van der Waals surface area contributed by atoms with Crippen LogP contribution in [0.3, 0.4) is 0 Å². The Bertz CT molecular complexity index is 230. The van der Waals surface area contributed by atoms with Crippen molar-refractivity contribution in [3.63, 3.8) is 0 Å². The molecule has 0 spiro atoms. The van der Waals surface area contributed by atoms with Gasteiger partial charge in [-0.1, -0.05) is 11.6 Å². The number of carbonyl (C=O) groups is 1. The Labute approximate surface area is 65.9 Å². The number of hydrogen-bond acceptors (Lipinski definition) is 1. The quantitative estimate of drug-likeness (QED) is 0.580. The molecule has 0 radical (unpaired) electrons. The minimum absolute atomic E-state index is 0.0799. The molecular weight excluding hydrogens is 140 g/mol. The van der Waals surface area contributed by atoms with Crippen LogP contribution in [0.4, 0.5) is 0 Å². The standard InChI is InChI=1S/C9H12O2/c1-5-2-7-3-6(5)4-8(7)9(10)11/h2,6-8H,3-4H2,1H3,(H,10,11)/t6-,7-,8-/m1/s1. The second-order valence-electron chi connectivity index (χ2n) is 3.69. The van der Waals surface area contributed by atoms with Crippen LogP contribution in [0.5, 0.6) is 0 Å². The van der Waals surface area contributed by atoms with E-state index in [1.807, 2.05) is 0 Å². The number of aliphatic carboxylic acids is 1. The first-order chi connectivity index (χ1) is 5.18. The molecule has 0 aromatic heterocycles. The number of carboxylic acids is 1. The molecule has 0 amide bonds. The van der Waals surface area contributed by atoms with Crippen LogP contribution in [0.15, 0.2) is 11.6 Å². The van der Waals surface area contributed by atoms with Gasteiger partial charge in [-0.2, -0.15) is 0 Å². The molecule has 0 unspecified atom stereocenters. The Balaban J connectivity index is 2.19. The van der Waals surface area contributed by atoms with Crippen molar-refractivity contribution >= 4 is 5.97 Å². The van der Waals surface area contributed by atoms with Gasteiger partial charge in [0.25, 0.3) is 0 Å². The van der Waals surface area contributed by atoms with Crippen molar-refractivity contribution < 1.29 is 9.90 Å². The zero-order valence-corrected chi connectivity index (χ0v) is 6.58. The molecule has 3 atom stereocenters. The summed E-state index contributed by atoms with van der Waals surface area (Å²) in [5.74, 6) is 0.239. The number of fused-ring (bicyclic) bond motifs is 2.